The molecule has 0 radical (unpaired) electrons. The summed E-state index contributed by atoms with van der Waals surface area (Å²) in [5, 5.41) is 6.79. The molecule has 2 aromatic carbocycles. The van der Waals surface area contributed by atoms with E-state index in [-0.39, 0.29) is 29.2 Å². The molecule has 0 fully saturated rings. The molecule has 1 N–H and O–H groups in total. The van der Waals surface area contributed by atoms with Gasteiger partial charge in [0.2, 0.25) is 0 Å². The van der Waals surface area contributed by atoms with Crippen molar-refractivity contribution in [3.8, 4) is 28.4 Å². The summed E-state index contributed by atoms with van der Waals surface area (Å²) in [5.74, 6) is -1.96. The summed E-state index contributed by atoms with van der Waals surface area (Å²) in [5.41, 5.74) is 1.02. The highest BCUT2D eigenvalue weighted by atomic mass is 19.1. The summed E-state index contributed by atoms with van der Waals surface area (Å²) >= 11 is 0. The first kappa shape index (κ1) is 28.2. The van der Waals surface area contributed by atoms with E-state index in [2.05, 4.69) is 15.4 Å². The first-order valence-electron chi connectivity index (χ1n) is 13.5. The number of nitrogens with zero attached hydrogens (tertiary/aromatic N) is 5. The van der Waals surface area contributed by atoms with Crippen LogP contribution in [0.25, 0.3) is 22.5 Å². The maximum Gasteiger partial charge on any atom is 0.335 e. The number of hydrogen-bond donors (Lipinski definition) is 1. The Kier molecular flexibility index (Phi) is 7.31. The van der Waals surface area contributed by atoms with Gasteiger partial charge < -0.3 is 10.1 Å². The molecule has 0 atom stereocenters. The maximum atomic E-state index is 15.3. The number of pyridine rings is 2. The van der Waals surface area contributed by atoms with Gasteiger partial charge in [-0.3, -0.25) is 19.1 Å². The van der Waals surface area contributed by atoms with E-state index in [0.29, 0.717) is 22.5 Å². The number of benzene rings is 2. The third-order valence-corrected chi connectivity index (χ3v) is 6.89. The Morgan fingerprint density at radius 1 is 0.955 bits per heavy atom. The average Bonchev–Trinajstić information content (AvgIpc) is 3.49. The van der Waals surface area contributed by atoms with Gasteiger partial charge in [0, 0.05) is 41.9 Å². The van der Waals surface area contributed by atoms with Crippen LogP contribution in [0.5, 0.6) is 11.5 Å². The number of hydrogen-bond acceptors (Lipinski definition) is 6. The maximum absolute atomic E-state index is 15.3. The van der Waals surface area contributed by atoms with E-state index in [1.165, 1.54) is 28.8 Å². The molecule has 0 aliphatic heterocycles. The standard InChI is InChI=1S/C32H24F2N6O4/c1-3-38-18-24(31(42)40(32(38)43)23-10-7-21(33)8-11-23)30(41)37-22-9-12-28(25(34)16-22)44-29-15-20(17-39-27(29)13-14-35-39)26-6-4-5-19(2)36-26/h4-18H,3H2,1-2H3,(H,37,41). The molecule has 44 heavy (non-hydrogen) atoms. The van der Waals surface area contributed by atoms with Crippen LogP contribution in [0, 0.1) is 18.6 Å². The molecule has 4 aromatic heterocycles. The van der Waals surface area contributed by atoms with Crippen LogP contribution in [0.1, 0.15) is 23.0 Å². The van der Waals surface area contributed by atoms with Gasteiger partial charge >= 0.3 is 5.69 Å². The van der Waals surface area contributed by atoms with Crippen molar-refractivity contribution in [1.82, 2.24) is 23.7 Å². The van der Waals surface area contributed by atoms with Gasteiger partial charge in [0.05, 0.1) is 17.6 Å². The van der Waals surface area contributed by atoms with Crippen molar-refractivity contribution in [2.45, 2.75) is 20.4 Å². The largest absolute Gasteiger partial charge is 0.452 e. The zero-order valence-electron chi connectivity index (χ0n) is 23.5. The topological polar surface area (TPSA) is 113 Å². The van der Waals surface area contributed by atoms with Gasteiger partial charge in [0.1, 0.15) is 16.9 Å². The number of anilines is 1. The first-order chi connectivity index (χ1) is 21.2. The number of carbonyl (C=O) groups excluding carboxylic acids is 1. The van der Waals surface area contributed by atoms with Gasteiger partial charge in [0.15, 0.2) is 17.3 Å². The van der Waals surface area contributed by atoms with Crippen molar-refractivity contribution in [3.05, 3.63) is 135 Å². The van der Waals surface area contributed by atoms with Crippen molar-refractivity contribution >= 4 is 17.1 Å². The van der Waals surface area contributed by atoms with E-state index in [4.69, 9.17) is 4.74 Å². The van der Waals surface area contributed by atoms with E-state index in [0.717, 1.165) is 34.7 Å². The van der Waals surface area contributed by atoms with E-state index in [9.17, 15) is 18.8 Å². The Morgan fingerprint density at radius 3 is 2.48 bits per heavy atom. The van der Waals surface area contributed by atoms with Gasteiger partial charge in [0.25, 0.3) is 11.5 Å². The van der Waals surface area contributed by atoms with Crippen LogP contribution in [0.15, 0.2) is 101 Å². The molecule has 0 aliphatic carbocycles. The van der Waals surface area contributed by atoms with Gasteiger partial charge in [-0.05, 0) is 74.5 Å². The highest BCUT2D eigenvalue weighted by molar-refractivity contribution is 6.03. The second-order valence-electron chi connectivity index (χ2n) is 9.85. The number of nitrogens with one attached hydrogen (secondary N) is 1. The number of rotatable bonds is 7. The smallest absolute Gasteiger partial charge is 0.335 e. The molecular formula is C32H24F2N6O4. The number of fused-ring (bicyclic) bond motifs is 1. The molecule has 0 saturated carbocycles. The van der Waals surface area contributed by atoms with Gasteiger partial charge in [-0.1, -0.05) is 6.07 Å². The van der Waals surface area contributed by atoms with Crippen LogP contribution in [0.4, 0.5) is 14.5 Å². The molecule has 0 bridgehead atoms. The quantitative estimate of drug-likeness (QED) is 0.266. The number of aromatic nitrogens is 5. The minimum atomic E-state index is -0.906. The molecule has 6 rings (SSSR count). The SMILES string of the molecule is CCn1cc(C(=O)Nc2ccc(Oc3cc(-c4cccc(C)n4)cn4nccc34)c(F)c2)c(=O)n(-c2ccc(F)cc2)c1=O. The summed E-state index contributed by atoms with van der Waals surface area (Å²) in [6.07, 6.45) is 4.53. The van der Waals surface area contributed by atoms with Crippen LogP contribution in [0.3, 0.4) is 0 Å². The van der Waals surface area contributed by atoms with Crippen LogP contribution in [0.2, 0.25) is 0 Å². The Labute approximate surface area is 248 Å². The fraction of sp³-hybridized carbons (Fsp3) is 0.0938. The van der Waals surface area contributed by atoms with Crippen molar-refractivity contribution in [2.24, 2.45) is 0 Å². The zero-order chi connectivity index (χ0) is 31.0. The van der Waals surface area contributed by atoms with E-state index < -0.39 is 28.8 Å². The lowest BCUT2D eigenvalue weighted by Gasteiger charge is -2.13. The lowest BCUT2D eigenvalue weighted by atomic mass is 10.1. The third-order valence-electron chi connectivity index (χ3n) is 6.89. The van der Waals surface area contributed by atoms with Crippen molar-refractivity contribution in [2.75, 3.05) is 5.32 Å². The van der Waals surface area contributed by atoms with E-state index >= 15 is 4.39 Å². The predicted octanol–water partition coefficient (Wildman–Crippen LogP) is 5.36. The average molecular weight is 595 g/mol. The molecule has 6 aromatic rings. The highest BCUT2D eigenvalue weighted by Crippen LogP contribution is 2.33. The van der Waals surface area contributed by atoms with Crippen molar-refractivity contribution in [3.63, 3.8) is 0 Å². The minimum Gasteiger partial charge on any atom is -0.452 e. The fourth-order valence-electron chi connectivity index (χ4n) is 4.70. The molecule has 12 heteroatoms. The second kappa shape index (κ2) is 11.4. The molecule has 0 spiro atoms. The second-order valence-corrected chi connectivity index (χ2v) is 9.85. The minimum absolute atomic E-state index is 0.0500. The normalized spacial score (nSPS) is 11.1. The number of ether oxygens (including phenoxy) is 1. The van der Waals surface area contributed by atoms with Crippen molar-refractivity contribution in [1.29, 1.82) is 0 Å². The number of carbonyl (C=O) groups is 1. The molecule has 4 heterocycles. The summed E-state index contributed by atoms with van der Waals surface area (Å²) in [4.78, 5) is 43.8. The highest BCUT2D eigenvalue weighted by Gasteiger charge is 2.20. The Balaban J connectivity index is 1.29. The summed E-state index contributed by atoms with van der Waals surface area (Å²) in [6, 6.07) is 17.6. The number of halogens is 2. The lowest BCUT2D eigenvalue weighted by molar-refractivity contribution is 0.102. The van der Waals surface area contributed by atoms with Gasteiger partial charge in [-0.25, -0.2) is 22.7 Å². The Hall–Kier alpha value is -5.91. The van der Waals surface area contributed by atoms with Crippen LogP contribution in [-0.4, -0.2) is 29.6 Å². The summed E-state index contributed by atoms with van der Waals surface area (Å²) < 4.78 is 38.3. The molecule has 0 saturated heterocycles. The molecule has 0 aliphatic rings. The van der Waals surface area contributed by atoms with Crippen molar-refractivity contribution < 1.29 is 18.3 Å². The Morgan fingerprint density at radius 2 is 1.75 bits per heavy atom. The molecule has 10 nitrogen and oxygen atoms in total. The lowest BCUT2D eigenvalue weighted by Crippen LogP contribution is -2.42. The fourth-order valence-corrected chi connectivity index (χ4v) is 4.70. The van der Waals surface area contributed by atoms with Crippen LogP contribution >= 0.6 is 0 Å². The number of aryl methyl sites for hydroxylation is 2. The molecule has 1 amide bonds. The van der Waals surface area contributed by atoms with Gasteiger partial charge in [-0.15, -0.1) is 0 Å². The summed E-state index contributed by atoms with van der Waals surface area (Å²) in [7, 11) is 0. The molecular weight excluding hydrogens is 570 g/mol. The monoisotopic (exact) mass is 594 g/mol. The summed E-state index contributed by atoms with van der Waals surface area (Å²) in [6.45, 7) is 3.71. The van der Waals surface area contributed by atoms with E-state index in [1.54, 1.807) is 36.0 Å². The molecule has 0 unspecified atom stereocenters. The Bertz CT molecular complexity index is 2170. The zero-order valence-corrected chi connectivity index (χ0v) is 23.5. The molecule has 220 valence electrons. The van der Waals surface area contributed by atoms with Crippen LogP contribution < -0.4 is 21.3 Å². The first-order valence-corrected chi connectivity index (χ1v) is 13.5. The third kappa shape index (κ3) is 5.36. The van der Waals surface area contributed by atoms with Gasteiger partial charge in [-0.2, -0.15) is 5.10 Å². The predicted molar refractivity (Wildman–Crippen MR) is 160 cm³/mol. The van der Waals surface area contributed by atoms with Crippen LogP contribution in [-0.2, 0) is 6.54 Å². The van der Waals surface area contributed by atoms with E-state index in [1.807, 2.05) is 25.1 Å². The number of amides is 1.